The van der Waals surface area contributed by atoms with Gasteiger partial charge in [-0.05, 0) is 46.7 Å². The maximum atomic E-state index is 13.9. The SMILES string of the molecule is CC(C)(C)OC(=O)C(F)(F)C1(O)CCNCC1. The van der Waals surface area contributed by atoms with Crippen LogP contribution < -0.4 is 5.32 Å². The number of carbonyl (C=O) groups excluding carboxylic acids is 1. The number of hydrogen-bond donors (Lipinski definition) is 2. The molecule has 0 aliphatic carbocycles. The molecular formula is C11H19F2NO3. The third kappa shape index (κ3) is 3.13. The first kappa shape index (κ1) is 14.3. The van der Waals surface area contributed by atoms with Gasteiger partial charge in [0.1, 0.15) is 11.2 Å². The fraction of sp³-hybridized carbons (Fsp3) is 0.909. The molecule has 0 aromatic carbocycles. The topological polar surface area (TPSA) is 58.6 Å². The summed E-state index contributed by atoms with van der Waals surface area (Å²) < 4.78 is 32.4. The second-order valence-electron chi connectivity index (χ2n) is 5.36. The van der Waals surface area contributed by atoms with Crippen molar-refractivity contribution < 1.29 is 23.4 Å². The zero-order valence-electron chi connectivity index (χ0n) is 10.3. The molecule has 0 bridgehead atoms. The highest BCUT2D eigenvalue weighted by Gasteiger charge is 2.60. The normalized spacial score (nSPS) is 21.1. The molecule has 1 heterocycles. The Hall–Kier alpha value is -0.750. The molecule has 0 saturated carbocycles. The number of halogens is 2. The van der Waals surface area contributed by atoms with Crippen LogP contribution in [0.4, 0.5) is 8.78 Å². The summed E-state index contributed by atoms with van der Waals surface area (Å²) in [4.78, 5) is 11.4. The minimum absolute atomic E-state index is 0.167. The van der Waals surface area contributed by atoms with Crippen molar-refractivity contribution >= 4 is 5.97 Å². The molecule has 100 valence electrons. The molecule has 0 unspecified atom stereocenters. The number of rotatable bonds is 2. The van der Waals surface area contributed by atoms with E-state index < -0.39 is 23.1 Å². The van der Waals surface area contributed by atoms with Crippen molar-refractivity contribution in [1.29, 1.82) is 0 Å². The van der Waals surface area contributed by atoms with Gasteiger partial charge in [0.15, 0.2) is 0 Å². The number of aliphatic hydroxyl groups is 1. The summed E-state index contributed by atoms with van der Waals surface area (Å²) in [6.45, 7) is 5.04. The van der Waals surface area contributed by atoms with Crippen LogP contribution >= 0.6 is 0 Å². The predicted molar refractivity (Wildman–Crippen MR) is 57.8 cm³/mol. The van der Waals surface area contributed by atoms with Crippen LogP contribution in [0.5, 0.6) is 0 Å². The third-order valence-electron chi connectivity index (χ3n) is 2.67. The highest BCUT2D eigenvalue weighted by Crippen LogP contribution is 2.37. The van der Waals surface area contributed by atoms with Crippen LogP contribution in [0.3, 0.4) is 0 Å². The Morgan fingerprint density at radius 3 is 2.18 bits per heavy atom. The van der Waals surface area contributed by atoms with E-state index in [1.807, 2.05) is 0 Å². The number of alkyl halides is 2. The van der Waals surface area contributed by atoms with Gasteiger partial charge in [-0.2, -0.15) is 8.78 Å². The lowest BCUT2D eigenvalue weighted by molar-refractivity contribution is -0.227. The van der Waals surface area contributed by atoms with E-state index in [1.165, 1.54) is 20.8 Å². The molecule has 0 amide bonds. The summed E-state index contributed by atoms with van der Waals surface area (Å²) >= 11 is 0. The van der Waals surface area contributed by atoms with Gasteiger partial charge in [0.05, 0.1) is 0 Å². The second kappa shape index (κ2) is 4.49. The van der Waals surface area contributed by atoms with Crippen LogP contribution in [0.15, 0.2) is 0 Å². The van der Waals surface area contributed by atoms with Crippen molar-refractivity contribution in [2.45, 2.75) is 50.7 Å². The summed E-state index contributed by atoms with van der Waals surface area (Å²) in [5, 5.41) is 12.7. The number of carbonyl (C=O) groups is 1. The zero-order valence-corrected chi connectivity index (χ0v) is 10.3. The van der Waals surface area contributed by atoms with E-state index in [4.69, 9.17) is 0 Å². The Labute approximate surface area is 99.3 Å². The third-order valence-corrected chi connectivity index (χ3v) is 2.67. The highest BCUT2D eigenvalue weighted by molar-refractivity contribution is 5.79. The summed E-state index contributed by atoms with van der Waals surface area (Å²) in [6.07, 6.45) is -0.335. The summed E-state index contributed by atoms with van der Waals surface area (Å²) in [7, 11) is 0. The predicted octanol–water partition coefficient (Wildman–Crippen LogP) is 1.08. The Balaban J connectivity index is 2.82. The van der Waals surface area contributed by atoms with E-state index in [0.717, 1.165) is 0 Å². The van der Waals surface area contributed by atoms with Gasteiger partial charge in [0.25, 0.3) is 0 Å². The van der Waals surface area contributed by atoms with Crippen molar-refractivity contribution in [3.63, 3.8) is 0 Å². The molecule has 17 heavy (non-hydrogen) atoms. The lowest BCUT2D eigenvalue weighted by Gasteiger charge is -2.38. The largest absolute Gasteiger partial charge is 0.455 e. The molecule has 0 spiro atoms. The molecule has 1 fully saturated rings. The van der Waals surface area contributed by atoms with Gasteiger partial charge in [0.2, 0.25) is 0 Å². The molecule has 0 atom stereocenters. The summed E-state index contributed by atoms with van der Waals surface area (Å²) in [5.74, 6) is -5.53. The first-order valence-electron chi connectivity index (χ1n) is 5.63. The number of hydrogen-bond acceptors (Lipinski definition) is 4. The fourth-order valence-corrected chi connectivity index (χ4v) is 1.69. The molecule has 1 aliphatic rings. The molecule has 0 radical (unpaired) electrons. The van der Waals surface area contributed by atoms with Crippen LogP contribution in [-0.4, -0.2) is 41.3 Å². The smallest absolute Gasteiger partial charge is 0.380 e. The standard InChI is InChI=1S/C11H19F2NO3/c1-9(2,3)17-8(15)11(12,13)10(16)4-6-14-7-5-10/h14,16H,4-7H2,1-3H3. The quantitative estimate of drug-likeness (QED) is 0.721. The van der Waals surface area contributed by atoms with E-state index >= 15 is 0 Å². The molecule has 1 rings (SSSR count). The van der Waals surface area contributed by atoms with Crippen molar-refractivity contribution in [3.05, 3.63) is 0 Å². The van der Waals surface area contributed by atoms with Gasteiger partial charge >= 0.3 is 11.9 Å². The van der Waals surface area contributed by atoms with E-state index in [0.29, 0.717) is 0 Å². The average molecular weight is 251 g/mol. The van der Waals surface area contributed by atoms with Gasteiger partial charge in [-0.1, -0.05) is 0 Å². The number of esters is 1. The van der Waals surface area contributed by atoms with E-state index in [-0.39, 0.29) is 25.9 Å². The minimum Gasteiger partial charge on any atom is -0.455 e. The van der Waals surface area contributed by atoms with E-state index in [9.17, 15) is 18.7 Å². The van der Waals surface area contributed by atoms with Gasteiger partial charge in [-0.15, -0.1) is 0 Å². The van der Waals surface area contributed by atoms with Crippen LogP contribution in [0, 0.1) is 0 Å². The fourth-order valence-electron chi connectivity index (χ4n) is 1.69. The molecule has 6 heteroatoms. The van der Waals surface area contributed by atoms with Crippen molar-refractivity contribution in [2.75, 3.05) is 13.1 Å². The molecule has 0 aromatic heterocycles. The maximum absolute atomic E-state index is 13.9. The van der Waals surface area contributed by atoms with Crippen LogP contribution in [-0.2, 0) is 9.53 Å². The molecule has 0 aromatic rings. The van der Waals surface area contributed by atoms with Crippen LogP contribution in [0.1, 0.15) is 33.6 Å². The second-order valence-corrected chi connectivity index (χ2v) is 5.36. The summed E-state index contributed by atoms with van der Waals surface area (Å²) in [6, 6.07) is 0. The van der Waals surface area contributed by atoms with E-state index in [2.05, 4.69) is 10.1 Å². The van der Waals surface area contributed by atoms with Crippen LogP contribution in [0.25, 0.3) is 0 Å². The molecule has 2 N–H and O–H groups in total. The van der Waals surface area contributed by atoms with Gasteiger partial charge < -0.3 is 15.2 Å². The molecular weight excluding hydrogens is 232 g/mol. The van der Waals surface area contributed by atoms with Gasteiger partial charge in [-0.3, -0.25) is 0 Å². The van der Waals surface area contributed by atoms with Crippen molar-refractivity contribution in [2.24, 2.45) is 0 Å². The van der Waals surface area contributed by atoms with Gasteiger partial charge in [0, 0.05) is 0 Å². The molecule has 1 saturated heterocycles. The lowest BCUT2D eigenvalue weighted by Crippen LogP contribution is -2.59. The summed E-state index contributed by atoms with van der Waals surface area (Å²) in [5.41, 5.74) is -3.30. The number of ether oxygens (including phenoxy) is 1. The number of piperidine rings is 1. The Bertz CT molecular complexity index is 294. The minimum atomic E-state index is -3.87. The van der Waals surface area contributed by atoms with E-state index in [1.54, 1.807) is 0 Å². The maximum Gasteiger partial charge on any atom is 0.380 e. The molecule has 4 nitrogen and oxygen atoms in total. The highest BCUT2D eigenvalue weighted by atomic mass is 19.3. The molecule has 1 aliphatic heterocycles. The van der Waals surface area contributed by atoms with Crippen LogP contribution in [0.2, 0.25) is 0 Å². The number of nitrogens with one attached hydrogen (secondary N) is 1. The first-order valence-corrected chi connectivity index (χ1v) is 5.63. The zero-order chi connectivity index (χ0) is 13.3. The first-order chi connectivity index (χ1) is 7.58. The Kier molecular flexibility index (Phi) is 3.78. The lowest BCUT2D eigenvalue weighted by atomic mass is 9.86. The average Bonchev–Trinajstić information content (AvgIpc) is 2.15. The van der Waals surface area contributed by atoms with Crippen molar-refractivity contribution in [3.8, 4) is 0 Å². The van der Waals surface area contributed by atoms with Crippen molar-refractivity contribution in [1.82, 2.24) is 5.32 Å². The Morgan fingerprint density at radius 1 is 1.29 bits per heavy atom. The monoisotopic (exact) mass is 251 g/mol. The van der Waals surface area contributed by atoms with Gasteiger partial charge in [-0.25, -0.2) is 4.79 Å². The Morgan fingerprint density at radius 2 is 1.76 bits per heavy atom.